The number of methoxy groups -OCH3 is 1. The van der Waals surface area contributed by atoms with Gasteiger partial charge in [-0.25, -0.2) is 4.79 Å². The standard InChI is InChI=1S/C17H15ClN2O5S/c1-17(18)7-26-15-10(14(23)20(15)11(17)16(24)25-2)19-12(21)8-5-3-4-6-9(8)13(19)22/h3-6,10-11,15H,7H2,1-2H3/t10-,11+,15+,17-/m1/s1. The van der Waals surface area contributed by atoms with E-state index >= 15 is 0 Å². The molecule has 0 unspecified atom stereocenters. The molecule has 9 heteroatoms. The Bertz CT molecular complexity index is 822. The molecule has 0 N–H and O–H groups in total. The van der Waals surface area contributed by atoms with Crippen molar-refractivity contribution >= 4 is 47.1 Å². The lowest BCUT2D eigenvalue weighted by Crippen LogP contribution is -2.78. The zero-order chi connectivity index (χ0) is 18.8. The number of carbonyl (C=O) groups is 4. The highest BCUT2D eigenvalue weighted by Crippen LogP contribution is 2.47. The van der Waals surface area contributed by atoms with Crippen LogP contribution in [0, 0.1) is 0 Å². The van der Waals surface area contributed by atoms with E-state index in [1.54, 1.807) is 31.2 Å². The molecular formula is C17H15ClN2O5S. The Balaban J connectivity index is 1.66. The van der Waals surface area contributed by atoms with Crippen LogP contribution in [0.25, 0.3) is 0 Å². The van der Waals surface area contributed by atoms with Crippen molar-refractivity contribution in [1.29, 1.82) is 0 Å². The molecule has 0 aliphatic carbocycles. The summed E-state index contributed by atoms with van der Waals surface area (Å²) < 4.78 is 4.81. The number of ether oxygens (including phenoxy) is 1. The molecule has 3 heterocycles. The zero-order valence-electron chi connectivity index (χ0n) is 14.0. The van der Waals surface area contributed by atoms with Crippen molar-refractivity contribution in [3.8, 4) is 0 Å². The molecule has 0 bridgehead atoms. The fraction of sp³-hybridized carbons (Fsp3) is 0.412. The van der Waals surface area contributed by atoms with Crippen LogP contribution >= 0.6 is 23.4 Å². The predicted octanol–water partition coefficient (Wildman–Crippen LogP) is 1.11. The van der Waals surface area contributed by atoms with Gasteiger partial charge in [0, 0.05) is 5.75 Å². The lowest BCUT2D eigenvalue weighted by Gasteiger charge is -2.57. The third-order valence-electron chi connectivity index (χ3n) is 4.96. The number of alkyl halides is 1. The SMILES string of the molecule is COC(=O)[C@@H]1N2C(=O)[C@@H](N3C(=O)c4ccccc4C3=O)[C@@H]2SC[C@@]1(C)Cl. The van der Waals surface area contributed by atoms with Gasteiger partial charge in [0.15, 0.2) is 6.04 Å². The number of amides is 3. The molecule has 2 fully saturated rings. The minimum atomic E-state index is -0.989. The summed E-state index contributed by atoms with van der Waals surface area (Å²) >= 11 is 7.80. The van der Waals surface area contributed by atoms with E-state index in [2.05, 4.69) is 0 Å². The van der Waals surface area contributed by atoms with E-state index < -0.39 is 46.0 Å². The number of carbonyl (C=O) groups excluding carboxylic acids is 4. The molecule has 26 heavy (non-hydrogen) atoms. The lowest BCUT2D eigenvalue weighted by atomic mass is 9.93. The van der Waals surface area contributed by atoms with Gasteiger partial charge in [-0.15, -0.1) is 23.4 Å². The van der Waals surface area contributed by atoms with Crippen LogP contribution in [0.2, 0.25) is 0 Å². The second-order valence-corrected chi connectivity index (χ2v) is 8.59. The number of nitrogens with zero attached hydrogens (tertiary/aromatic N) is 2. The number of hydrogen-bond donors (Lipinski definition) is 0. The molecule has 0 aromatic heterocycles. The number of rotatable bonds is 2. The molecule has 2 saturated heterocycles. The van der Waals surface area contributed by atoms with Crippen LogP contribution in [-0.2, 0) is 14.3 Å². The smallest absolute Gasteiger partial charge is 0.330 e. The summed E-state index contributed by atoms with van der Waals surface area (Å²) in [5, 5.41) is -0.513. The summed E-state index contributed by atoms with van der Waals surface area (Å²) in [7, 11) is 1.23. The monoisotopic (exact) mass is 394 g/mol. The number of hydrogen-bond acceptors (Lipinski definition) is 6. The Morgan fingerprint density at radius 2 is 1.81 bits per heavy atom. The predicted molar refractivity (Wildman–Crippen MR) is 93.9 cm³/mol. The van der Waals surface area contributed by atoms with Crippen molar-refractivity contribution in [2.24, 2.45) is 0 Å². The maximum Gasteiger partial charge on any atom is 0.330 e. The average Bonchev–Trinajstić information content (AvgIpc) is 2.86. The number of thioether (sulfide) groups is 1. The van der Waals surface area contributed by atoms with Crippen molar-refractivity contribution in [2.45, 2.75) is 29.3 Å². The van der Waals surface area contributed by atoms with E-state index in [4.69, 9.17) is 16.3 Å². The van der Waals surface area contributed by atoms with Gasteiger partial charge in [0.1, 0.15) is 11.4 Å². The zero-order valence-corrected chi connectivity index (χ0v) is 15.5. The summed E-state index contributed by atoms with van der Waals surface area (Å²) in [6.45, 7) is 1.67. The van der Waals surface area contributed by atoms with Gasteiger partial charge in [-0.3, -0.25) is 19.3 Å². The van der Waals surface area contributed by atoms with Gasteiger partial charge in [-0.2, -0.15) is 0 Å². The number of β-lactam (4-membered cyclic amide) rings is 1. The number of esters is 1. The summed E-state index contributed by atoms with van der Waals surface area (Å²) in [6.07, 6.45) is 0. The molecule has 3 aliphatic rings. The maximum absolute atomic E-state index is 12.8. The Labute approximate surface area is 158 Å². The Kier molecular flexibility index (Phi) is 3.82. The van der Waals surface area contributed by atoms with E-state index in [-0.39, 0.29) is 11.1 Å². The Hall–Kier alpha value is -2.06. The molecule has 0 radical (unpaired) electrons. The van der Waals surface area contributed by atoms with Gasteiger partial charge in [-0.1, -0.05) is 12.1 Å². The fourth-order valence-electron chi connectivity index (χ4n) is 3.70. The molecule has 136 valence electrons. The molecule has 1 aromatic carbocycles. The summed E-state index contributed by atoms with van der Waals surface area (Å²) in [4.78, 5) is 51.7. The van der Waals surface area contributed by atoms with Gasteiger partial charge in [0.25, 0.3) is 17.7 Å². The highest BCUT2D eigenvalue weighted by Gasteiger charge is 2.64. The molecule has 4 rings (SSSR count). The first kappa shape index (κ1) is 17.4. The third kappa shape index (κ3) is 2.15. The minimum Gasteiger partial charge on any atom is -0.467 e. The van der Waals surface area contributed by atoms with Crippen molar-refractivity contribution in [3.05, 3.63) is 35.4 Å². The summed E-state index contributed by atoms with van der Waals surface area (Å²) in [5.74, 6) is -1.68. The second kappa shape index (κ2) is 5.72. The molecular weight excluding hydrogens is 380 g/mol. The van der Waals surface area contributed by atoms with Crippen molar-refractivity contribution in [1.82, 2.24) is 9.80 Å². The molecule has 3 aliphatic heterocycles. The maximum atomic E-state index is 12.8. The van der Waals surface area contributed by atoms with Gasteiger partial charge in [-0.05, 0) is 19.1 Å². The largest absolute Gasteiger partial charge is 0.467 e. The highest BCUT2D eigenvalue weighted by molar-refractivity contribution is 8.00. The highest BCUT2D eigenvalue weighted by atomic mass is 35.5. The molecule has 3 amide bonds. The second-order valence-electron chi connectivity index (χ2n) is 6.62. The van der Waals surface area contributed by atoms with Gasteiger partial charge < -0.3 is 9.64 Å². The quantitative estimate of drug-likeness (QED) is 0.323. The van der Waals surface area contributed by atoms with Crippen molar-refractivity contribution in [2.75, 3.05) is 12.9 Å². The van der Waals surface area contributed by atoms with Gasteiger partial charge in [0.05, 0.1) is 23.1 Å². The van der Waals surface area contributed by atoms with E-state index in [9.17, 15) is 19.2 Å². The Morgan fingerprint density at radius 1 is 1.23 bits per heavy atom. The van der Waals surface area contributed by atoms with Crippen LogP contribution in [0.15, 0.2) is 24.3 Å². The van der Waals surface area contributed by atoms with Crippen LogP contribution in [0.5, 0.6) is 0 Å². The van der Waals surface area contributed by atoms with Crippen LogP contribution < -0.4 is 0 Å². The van der Waals surface area contributed by atoms with E-state index in [1.165, 1.54) is 23.8 Å². The normalized spacial score (nSPS) is 32.9. The number of imide groups is 1. The fourth-order valence-corrected chi connectivity index (χ4v) is 5.55. The Morgan fingerprint density at radius 3 is 2.35 bits per heavy atom. The van der Waals surface area contributed by atoms with Crippen LogP contribution in [0.1, 0.15) is 27.6 Å². The first-order chi connectivity index (χ1) is 12.3. The lowest BCUT2D eigenvalue weighted by molar-refractivity contribution is -0.167. The van der Waals surface area contributed by atoms with E-state index in [0.717, 1.165) is 4.90 Å². The number of benzene rings is 1. The van der Waals surface area contributed by atoms with Gasteiger partial charge >= 0.3 is 5.97 Å². The molecule has 1 aromatic rings. The minimum absolute atomic E-state index is 0.288. The number of fused-ring (bicyclic) bond motifs is 2. The van der Waals surface area contributed by atoms with Crippen LogP contribution in [0.4, 0.5) is 0 Å². The summed E-state index contributed by atoms with van der Waals surface area (Å²) in [5.41, 5.74) is 0.576. The van der Waals surface area contributed by atoms with E-state index in [1.807, 2.05) is 0 Å². The van der Waals surface area contributed by atoms with Gasteiger partial charge in [0.2, 0.25) is 0 Å². The summed E-state index contributed by atoms with van der Waals surface area (Å²) in [6, 6.07) is 4.58. The molecule has 7 nitrogen and oxygen atoms in total. The van der Waals surface area contributed by atoms with Crippen molar-refractivity contribution < 1.29 is 23.9 Å². The first-order valence-corrected chi connectivity index (χ1v) is 9.39. The average molecular weight is 395 g/mol. The van der Waals surface area contributed by atoms with Crippen molar-refractivity contribution in [3.63, 3.8) is 0 Å². The first-order valence-electron chi connectivity index (χ1n) is 7.97. The van der Waals surface area contributed by atoms with Crippen LogP contribution in [-0.4, -0.2) is 68.7 Å². The molecule has 4 atom stereocenters. The van der Waals surface area contributed by atoms with Crippen LogP contribution in [0.3, 0.4) is 0 Å². The van der Waals surface area contributed by atoms with E-state index in [0.29, 0.717) is 5.75 Å². The third-order valence-corrected chi connectivity index (χ3v) is 7.06. The molecule has 0 spiro atoms. The molecule has 0 saturated carbocycles. The number of halogens is 1. The topological polar surface area (TPSA) is 84.0 Å².